The maximum Gasteiger partial charge on any atom is 0.397 e. The summed E-state index contributed by atoms with van der Waals surface area (Å²) >= 11 is 0.0655. The summed E-state index contributed by atoms with van der Waals surface area (Å²) in [5.41, 5.74) is 0. The van der Waals surface area contributed by atoms with Crippen LogP contribution in [0.25, 0.3) is 0 Å². The van der Waals surface area contributed by atoms with Crippen LogP contribution in [0.3, 0.4) is 0 Å². The molecule has 4 aliphatic heterocycles. The van der Waals surface area contributed by atoms with E-state index in [2.05, 4.69) is 28.1 Å². The first-order chi connectivity index (χ1) is 32.4. The van der Waals surface area contributed by atoms with Crippen LogP contribution in [0.2, 0.25) is 0 Å². The van der Waals surface area contributed by atoms with Crippen LogP contribution in [-0.4, -0.2) is 184 Å². The zero-order valence-electron chi connectivity index (χ0n) is 35.0. The van der Waals surface area contributed by atoms with Crippen molar-refractivity contribution >= 4 is 47.4 Å². The van der Waals surface area contributed by atoms with Gasteiger partial charge < -0.3 is 63.8 Å². The minimum absolute atomic E-state index is 0. The van der Waals surface area contributed by atoms with Crippen LogP contribution in [0.15, 0.2) is 0 Å². The van der Waals surface area contributed by atoms with Gasteiger partial charge in [0.05, 0.1) is 56.4 Å². The molecule has 0 saturated carbocycles. The highest BCUT2D eigenvalue weighted by Crippen LogP contribution is 2.39. The van der Waals surface area contributed by atoms with Crippen LogP contribution < -0.4 is 0 Å². The van der Waals surface area contributed by atoms with Gasteiger partial charge in [-0.15, -0.1) is 13.0 Å². The lowest BCUT2D eigenvalue weighted by Gasteiger charge is -2.46. The van der Waals surface area contributed by atoms with Gasteiger partial charge in [0.15, 0.2) is 68.2 Å². The molecule has 4 rings (SSSR count). The highest BCUT2D eigenvalue weighted by Gasteiger charge is 2.53. The van der Waals surface area contributed by atoms with Crippen molar-refractivity contribution in [3.8, 4) is 0 Å². The summed E-state index contributed by atoms with van der Waals surface area (Å²) in [5.74, 6) is -3.59. The molecular weight excluding hydrogens is 1110 g/mol. The van der Waals surface area contributed by atoms with Crippen molar-refractivity contribution in [2.75, 3.05) is 19.8 Å². The van der Waals surface area contributed by atoms with Gasteiger partial charge in [0, 0.05) is 54.3 Å². The van der Waals surface area contributed by atoms with Gasteiger partial charge in [-0.3, -0.25) is 21.8 Å². The molecule has 42 heteroatoms. The van der Waals surface area contributed by atoms with Gasteiger partial charge in [0.2, 0.25) is 0 Å². The van der Waals surface area contributed by atoms with E-state index in [1.54, 1.807) is 0 Å². The van der Waals surface area contributed by atoms with Crippen molar-refractivity contribution in [2.24, 2.45) is 17.8 Å². The molecule has 0 aromatic heterocycles. The second-order valence-electron chi connectivity index (χ2n) is 13.6. The van der Waals surface area contributed by atoms with E-state index in [4.69, 9.17) is 102 Å². The Morgan fingerprint density at radius 3 is 1.28 bits per heavy atom. The van der Waals surface area contributed by atoms with E-state index in [-0.39, 0.29) is 56.5 Å². The summed E-state index contributed by atoms with van der Waals surface area (Å²) in [6.07, 6.45) is -24.6. The molecule has 20 atom stereocenters. The van der Waals surface area contributed by atoms with Crippen LogP contribution in [0.1, 0.15) is 42.5 Å². The summed E-state index contributed by atoms with van der Waals surface area (Å²) in [6, 6.07) is 0. The predicted octanol–water partition coefficient (Wildman–Crippen LogP) is 2.74. The quantitative estimate of drug-likeness (QED) is 0.0176. The number of hydrogen-bond acceptors (Lipinski definition) is 31. The van der Waals surface area contributed by atoms with Gasteiger partial charge >= 0.3 is 10.4 Å². The maximum absolute atomic E-state index is 12.3. The normalized spacial score (nSPS) is 36.6. The first kappa shape index (κ1) is 76.8. The fraction of sp³-hybridized carbons (Fsp3) is 1.00. The van der Waals surface area contributed by atoms with E-state index in [9.17, 15) is 43.6 Å². The molecule has 0 aromatic rings. The molecule has 4 saturated heterocycles. The van der Waals surface area contributed by atoms with Gasteiger partial charge in [0.25, 0.3) is 0 Å². The molecule has 10 N–H and O–H groups in total. The molecule has 8 unspecified atom stereocenters. The molecule has 0 bridgehead atoms. The molecular formula is C29H57F9O29S4. The maximum atomic E-state index is 12.3. The van der Waals surface area contributed by atoms with Gasteiger partial charge in [0.1, 0.15) is 36.6 Å². The number of rotatable bonds is 23. The Kier molecular flexibility index (Phi) is 44.8. The number of aliphatic hydroxyl groups excluding tert-OH is 6. The number of halogens is 9. The van der Waals surface area contributed by atoms with Gasteiger partial charge in [-0.25, -0.2) is 20.0 Å². The highest BCUT2D eigenvalue weighted by molar-refractivity contribution is 7.90. The summed E-state index contributed by atoms with van der Waals surface area (Å²) in [4.78, 5) is 0. The molecule has 29 nitrogen and oxygen atoms in total. The third kappa shape index (κ3) is 24.0. The molecule has 0 amide bonds. The third-order valence-corrected chi connectivity index (χ3v) is 11.6. The van der Waals surface area contributed by atoms with Crippen LogP contribution >= 0.6 is 37.0 Å². The highest BCUT2D eigenvalue weighted by atomic mass is 32.3. The molecule has 4 heterocycles. The Labute approximate surface area is 410 Å². The van der Waals surface area contributed by atoms with Crippen molar-refractivity contribution in [1.29, 1.82) is 0 Å². The van der Waals surface area contributed by atoms with E-state index >= 15 is 0 Å². The minimum Gasteiger partial charge on any atom is -0.390 e. The van der Waals surface area contributed by atoms with Crippen LogP contribution in [-0.2, 0) is 88.4 Å². The standard InChI is InChI=1S/C27H48O29S4.2CH4.4F2.FH/c1-8-12(5-41-26-22(48-58-55-52-35)14(16(29)10(3)46-26)7-40-25-19(32)18(31)17(30)11(4)45-25)20(50-60(37,38)39)23(49-59-56-53-36)27(44-8)42-6-13-15(28)9(2)43-24(33)21(13)47-57-54-51-34;;;4*1-2;/h8-36H,5-7H2,1-4H3,(H,37,38,39);2*1H4;;;;;1H/t8?,9?,10?,11?,12-,13+,14+,15-,16-,17-,18+,19?,20+,21?,22?,23?,24-,25-,26-,27-;;;;;;;/m1......./s1. The zero-order valence-corrected chi connectivity index (χ0v) is 38.2. The lowest BCUT2D eigenvalue weighted by Crippen LogP contribution is -2.61. The predicted molar refractivity (Wildman–Crippen MR) is 211 cm³/mol. The van der Waals surface area contributed by atoms with Gasteiger partial charge in [-0.2, -0.15) is 8.42 Å². The Balaban J connectivity index is -0.00000194. The summed E-state index contributed by atoms with van der Waals surface area (Å²) in [7, 11) is -5.34. The number of hydrogen-bond donors (Lipinski definition) is 10. The Bertz CT molecular complexity index is 1390. The lowest BCUT2D eigenvalue weighted by molar-refractivity contribution is -0.435. The number of aliphatic hydroxyl groups is 6. The van der Waals surface area contributed by atoms with E-state index < -0.39 is 152 Å². The first-order valence-corrected chi connectivity index (χ1v) is 21.5. The third-order valence-electron chi connectivity index (χ3n) is 9.93. The second kappa shape index (κ2) is 41.5. The monoisotopic (exact) mass is 1170 g/mol. The Hall–Kier alpha value is -0.710. The molecule has 4 aliphatic rings. The molecule has 434 valence electrons. The Morgan fingerprint density at radius 2 is 0.817 bits per heavy atom. The van der Waals surface area contributed by atoms with Crippen LogP contribution in [0, 0.1) is 17.8 Å². The SMILES string of the molecule is C.C.CC1O[C@@H](OC[C@@H]2C(OSOOO)[C@H](OC[C@@H]3C(C)O[C@@H](OC[C@@H]4C(OSOOO)[C@H](O)OC(C)[C@H]4O)C(OSOOO)[C@H]3OS(=O)(=O)O)OC(C)[C@H]2O)C(O)[C@@H](O)[C@@H]1O.F.FF.FF.FF.FF. The largest absolute Gasteiger partial charge is 0.397 e. The summed E-state index contributed by atoms with van der Waals surface area (Å²) in [6.45, 7) is 4.05. The first-order valence-electron chi connectivity index (χ1n) is 18.1. The second-order valence-corrected chi connectivity index (χ2v) is 16.0. The Morgan fingerprint density at radius 1 is 0.465 bits per heavy atom. The molecule has 0 spiro atoms. The van der Waals surface area contributed by atoms with E-state index in [0.717, 1.165) is 0 Å². The molecule has 0 aliphatic carbocycles. The van der Waals surface area contributed by atoms with Crippen molar-refractivity contribution in [3.63, 3.8) is 0 Å². The fourth-order valence-electron chi connectivity index (χ4n) is 6.78. The molecule has 0 aromatic carbocycles. The van der Waals surface area contributed by atoms with Crippen molar-refractivity contribution in [3.05, 3.63) is 0 Å². The average Bonchev–Trinajstić information content (AvgIpc) is 3.32. The molecule has 71 heavy (non-hydrogen) atoms. The lowest BCUT2D eigenvalue weighted by atomic mass is 9.88. The van der Waals surface area contributed by atoms with Crippen molar-refractivity contribution in [2.45, 2.75) is 147 Å². The summed E-state index contributed by atoms with van der Waals surface area (Å²) < 4.78 is 173. The minimum atomic E-state index is -5.34. The van der Waals surface area contributed by atoms with E-state index in [1.165, 1.54) is 27.7 Å². The zero-order chi connectivity index (χ0) is 52.3. The average molecular weight is 1170 g/mol. The van der Waals surface area contributed by atoms with Crippen LogP contribution in [0.4, 0.5) is 41.3 Å². The molecule has 0 radical (unpaired) electrons. The van der Waals surface area contributed by atoms with Gasteiger partial charge in [-0.1, -0.05) is 30.0 Å². The fourth-order valence-corrected chi connectivity index (χ4v) is 8.43. The van der Waals surface area contributed by atoms with Crippen molar-refractivity contribution < 1.29 is 179 Å². The smallest absolute Gasteiger partial charge is 0.390 e. The van der Waals surface area contributed by atoms with E-state index in [1.807, 2.05) is 0 Å². The summed E-state index contributed by atoms with van der Waals surface area (Å²) in [5, 5.41) is 99.7. The molecule has 4 fully saturated rings. The van der Waals surface area contributed by atoms with Crippen LogP contribution in [0.5, 0.6) is 0 Å². The van der Waals surface area contributed by atoms with E-state index in [0.29, 0.717) is 0 Å². The topological polar surface area (TPSA) is 393 Å². The van der Waals surface area contributed by atoms with Crippen molar-refractivity contribution in [1.82, 2.24) is 0 Å². The number of ether oxygens (including phenoxy) is 7. The van der Waals surface area contributed by atoms with Gasteiger partial charge in [-0.05, 0) is 27.7 Å².